The second kappa shape index (κ2) is 5.65. The first kappa shape index (κ1) is 12.6. The first-order valence-electron chi connectivity index (χ1n) is 6.21. The highest BCUT2D eigenvalue weighted by molar-refractivity contribution is 7.07. The Kier molecular flexibility index (Phi) is 4.18. The maximum absolute atomic E-state index is 12.1. The van der Waals surface area contributed by atoms with E-state index in [1.54, 1.807) is 11.3 Å². The van der Waals surface area contributed by atoms with Gasteiger partial charge in [-0.15, -0.1) is 0 Å². The minimum Gasteiger partial charge on any atom is -0.355 e. The van der Waals surface area contributed by atoms with Crippen LogP contribution in [0.25, 0.3) is 0 Å². The number of piperidine rings is 1. The largest absolute Gasteiger partial charge is 0.355 e. The molecule has 0 bridgehead atoms. The van der Waals surface area contributed by atoms with Crippen LogP contribution in [0.15, 0.2) is 16.8 Å². The molecule has 2 N–H and O–H groups in total. The van der Waals surface area contributed by atoms with Gasteiger partial charge in [0.2, 0.25) is 5.91 Å². The minimum absolute atomic E-state index is 0.194. The second-order valence-electron chi connectivity index (χ2n) is 4.98. The van der Waals surface area contributed by atoms with Crippen LogP contribution in [-0.2, 0) is 11.2 Å². The molecule has 17 heavy (non-hydrogen) atoms. The van der Waals surface area contributed by atoms with E-state index < -0.39 is 0 Å². The Morgan fingerprint density at radius 1 is 1.65 bits per heavy atom. The van der Waals surface area contributed by atoms with E-state index in [1.807, 2.05) is 0 Å². The summed E-state index contributed by atoms with van der Waals surface area (Å²) in [6, 6.07) is 2.11. The van der Waals surface area contributed by atoms with Crippen LogP contribution < -0.4 is 10.6 Å². The molecule has 3 nitrogen and oxygen atoms in total. The average Bonchev–Trinajstić information content (AvgIpc) is 2.83. The zero-order chi connectivity index (χ0) is 12.1. The fourth-order valence-corrected chi connectivity index (χ4v) is 2.92. The standard InChI is InChI=1S/C13H20N2OS/c1-13(5-2-6-14-10-13)12(16)15-7-3-11-4-8-17-9-11/h4,8-9,14H,2-3,5-7,10H2,1H3,(H,15,16). The van der Waals surface area contributed by atoms with Gasteiger partial charge in [0.1, 0.15) is 0 Å². The zero-order valence-corrected chi connectivity index (χ0v) is 11.1. The quantitative estimate of drug-likeness (QED) is 0.858. The summed E-state index contributed by atoms with van der Waals surface area (Å²) in [6.07, 6.45) is 3.01. The Hall–Kier alpha value is -0.870. The number of carbonyl (C=O) groups excluding carboxylic acids is 1. The lowest BCUT2D eigenvalue weighted by Crippen LogP contribution is -2.49. The van der Waals surface area contributed by atoms with Crippen molar-refractivity contribution in [1.82, 2.24) is 10.6 Å². The molecule has 94 valence electrons. The molecule has 1 aromatic heterocycles. The van der Waals surface area contributed by atoms with Crippen LogP contribution in [-0.4, -0.2) is 25.5 Å². The van der Waals surface area contributed by atoms with E-state index in [0.717, 1.165) is 38.9 Å². The molecular weight excluding hydrogens is 232 g/mol. The van der Waals surface area contributed by atoms with Gasteiger partial charge in [-0.1, -0.05) is 0 Å². The molecule has 1 atom stereocenters. The lowest BCUT2D eigenvalue weighted by molar-refractivity contribution is -0.131. The van der Waals surface area contributed by atoms with Crippen LogP contribution in [0.2, 0.25) is 0 Å². The van der Waals surface area contributed by atoms with Crippen LogP contribution >= 0.6 is 11.3 Å². The van der Waals surface area contributed by atoms with Gasteiger partial charge in [0.15, 0.2) is 0 Å². The molecule has 2 heterocycles. The lowest BCUT2D eigenvalue weighted by Gasteiger charge is -2.32. The Labute approximate surface area is 107 Å². The van der Waals surface area contributed by atoms with Gasteiger partial charge < -0.3 is 10.6 Å². The van der Waals surface area contributed by atoms with E-state index in [1.165, 1.54) is 5.56 Å². The monoisotopic (exact) mass is 252 g/mol. The van der Waals surface area contributed by atoms with E-state index in [9.17, 15) is 4.79 Å². The number of amides is 1. The molecule has 1 saturated heterocycles. The zero-order valence-electron chi connectivity index (χ0n) is 10.3. The van der Waals surface area contributed by atoms with Gasteiger partial charge >= 0.3 is 0 Å². The topological polar surface area (TPSA) is 41.1 Å². The summed E-state index contributed by atoms with van der Waals surface area (Å²) in [4.78, 5) is 12.1. The summed E-state index contributed by atoms with van der Waals surface area (Å²) in [5, 5.41) is 10.6. The van der Waals surface area contributed by atoms with Crippen molar-refractivity contribution in [3.63, 3.8) is 0 Å². The van der Waals surface area contributed by atoms with Crippen molar-refractivity contribution >= 4 is 17.2 Å². The van der Waals surface area contributed by atoms with Gasteiger partial charge in [-0.2, -0.15) is 11.3 Å². The maximum atomic E-state index is 12.1. The van der Waals surface area contributed by atoms with E-state index in [2.05, 4.69) is 34.4 Å². The van der Waals surface area contributed by atoms with Gasteiger partial charge in [-0.3, -0.25) is 4.79 Å². The molecule has 1 aliphatic heterocycles. The predicted octanol–water partition coefficient (Wildman–Crippen LogP) is 1.80. The molecule has 0 radical (unpaired) electrons. The Balaban J connectivity index is 1.76. The van der Waals surface area contributed by atoms with Crippen LogP contribution in [0.5, 0.6) is 0 Å². The van der Waals surface area contributed by atoms with Crippen molar-refractivity contribution < 1.29 is 4.79 Å². The summed E-state index contributed by atoms with van der Waals surface area (Å²) in [5.41, 5.74) is 1.09. The third-order valence-corrected chi connectivity index (χ3v) is 4.16. The molecule has 1 unspecified atom stereocenters. The Morgan fingerprint density at radius 3 is 3.18 bits per heavy atom. The lowest BCUT2D eigenvalue weighted by atomic mass is 9.82. The van der Waals surface area contributed by atoms with Gasteiger partial charge in [-0.25, -0.2) is 0 Å². The van der Waals surface area contributed by atoms with Crippen molar-refractivity contribution in [1.29, 1.82) is 0 Å². The summed E-state index contributed by atoms with van der Waals surface area (Å²) < 4.78 is 0. The summed E-state index contributed by atoms with van der Waals surface area (Å²) in [6.45, 7) is 4.64. The van der Waals surface area contributed by atoms with E-state index in [-0.39, 0.29) is 11.3 Å². The van der Waals surface area contributed by atoms with Crippen LogP contribution in [0.3, 0.4) is 0 Å². The Bertz CT molecular complexity index is 356. The van der Waals surface area contributed by atoms with Gasteiger partial charge in [0.05, 0.1) is 5.41 Å². The summed E-state index contributed by atoms with van der Waals surface area (Å²) in [5.74, 6) is 0.194. The van der Waals surface area contributed by atoms with Crippen LogP contribution in [0, 0.1) is 5.41 Å². The first-order chi connectivity index (χ1) is 8.21. The van der Waals surface area contributed by atoms with E-state index in [4.69, 9.17) is 0 Å². The van der Waals surface area contributed by atoms with Crippen molar-refractivity contribution in [2.45, 2.75) is 26.2 Å². The fourth-order valence-electron chi connectivity index (χ4n) is 2.22. The first-order valence-corrected chi connectivity index (χ1v) is 7.15. The molecule has 4 heteroatoms. The minimum atomic E-state index is -0.215. The maximum Gasteiger partial charge on any atom is 0.227 e. The number of carbonyl (C=O) groups is 1. The summed E-state index contributed by atoms with van der Waals surface area (Å²) >= 11 is 1.70. The van der Waals surface area contributed by atoms with Crippen molar-refractivity contribution in [2.75, 3.05) is 19.6 Å². The van der Waals surface area contributed by atoms with Crippen LogP contribution in [0.1, 0.15) is 25.3 Å². The molecule has 1 fully saturated rings. The smallest absolute Gasteiger partial charge is 0.227 e. The molecule has 0 aromatic carbocycles. The van der Waals surface area contributed by atoms with Crippen LogP contribution in [0.4, 0.5) is 0 Å². The molecule has 2 rings (SSSR count). The SMILES string of the molecule is CC1(C(=O)NCCc2ccsc2)CCCNC1. The van der Waals surface area contributed by atoms with Crippen molar-refractivity contribution in [2.24, 2.45) is 5.41 Å². The van der Waals surface area contributed by atoms with Crippen molar-refractivity contribution in [3.8, 4) is 0 Å². The molecule has 0 saturated carbocycles. The number of hydrogen-bond acceptors (Lipinski definition) is 3. The number of nitrogens with one attached hydrogen (secondary N) is 2. The highest BCUT2D eigenvalue weighted by Gasteiger charge is 2.34. The second-order valence-corrected chi connectivity index (χ2v) is 5.76. The molecule has 0 spiro atoms. The third kappa shape index (κ3) is 3.30. The third-order valence-electron chi connectivity index (χ3n) is 3.42. The van der Waals surface area contributed by atoms with Gasteiger partial charge in [-0.05, 0) is 55.1 Å². The highest BCUT2D eigenvalue weighted by atomic mass is 32.1. The molecule has 0 aliphatic carbocycles. The number of rotatable bonds is 4. The predicted molar refractivity (Wildman–Crippen MR) is 71.2 cm³/mol. The number of hydrogen-bond donors (Lipinski definition) is 2. The average molecular weight is 252 g/mol. The molecule has 1 amide bonds. The molecular formula is C13H20N2OS. The van der Waals surface area contributed by atoms with E-state index in [0.29, 0.717) is 0 Å². The van der Waals surface area contributed by atoms with Crippen molar-refractivity contribution in [3.05, 3.63) is 22.4 Å². The Morgan fingerprint density at radius 2 is 2.53 bits per heavy atom. The highest BCUT2D eigenvalue weighted by Crippen LogP contribution is 2.25. The normalized spacial score (nSPS) is 24.5. The fraction of sp³-hybridized carbons (Fsp3) is 0.615. The molecule has 1 aliphatic rings. The number of thiophene rings is 1. The molecule has 1 aromatic rings. The van der Waals surface area contributed by atoms with Gasteiger partial charge in [0.25, 0.3) is 0 Å². The van der Waals surface area contributed by atoms with Gasteiger partial charge in [0, 0.05) is 13.1 Å². The summed E-state index contributed by atoms with van der Waals surface area (Å²) in [7, 11) is 0. The van der Waals surface area contributed by atoms with E-state index >= 15 is 0 Å².